The molecule has 0 amide bonds. The molecule has 0 radical (unpaired) electrons. The first-order valence-electron chi connectivity index (χ1n) is 7.87. The summed E-state index contributed by atoms with van der Waals surface area (Å²) in [6.45, 7) is 3.91. The number of carbonyl (C=O) groups excluding carboxylic acids is 1. The number of ether oxygens (including phenoxy) is 1. The van der Waals surface area contributed by atoms with Crippen LogP contribution in [0.25, 0.3) is 22.0 Å². The molecule has 3 aromatic rings. The summed E-state index contributed by atoms with van der Waals surface area (Å²) in [5.74, 6) is -0.342. The first-order chi connectivity index (χ1) is 11.5. The molecule has 24 heavy (non-hydrogen) atoms. The Hall–Kier alpha value is -2.88. The minimum atomic E-state index is -0.342. The highest BCUT2D eigenvalue weighted by Crippen LogP contribution is 2.40. The molecule has 0 unspecified atom stereocenters. The minimum absolute atomic E-state index is 0.0959. The molecular formula is C20H17NO3. The highest BCUT2D eigenvalue weighted by atomic mass is 16.5. The Morgan fingerprint density at radius 1 is 1.04 bits per heavy atom. The van der Waals surface area contributed by atoms with Gasteiger partial charge in [-0.25, -0.2) is 4.79 Å². The Bertz CT molecular complexity index is 1080. The van der Waals surface area contributed by atoms with Crippen molar-refractivity contribution >= 4 is 16.7 Å². The van der Waals surface area contributed by atoms with Crippen LogP contribution in [0.1, 0.15) is 32.6 Å². The number of hydrogen-bond acceptors (Lipinski definition) is 3. The molecule has 2 aromatic carbocycles. The zero-order chi connectivity index (χ0) is 17.0. The Morgan fingerprint density at radius 3 is 2.58 bits per heavy atom. The van der Waals surface area contributed by atoms with E-state index in [9.17, 15) is 9.59 Å². The van der Waals surface area contributed by atoms with Gasteiger partial charge in [0.1, 0.15) is 0 Å². The van der Waals surface area contributed by atoms with Crippen LogP contribution in [-0.2, 0) is 11.2 Å². The predicted molar refractivity (Wildman–Crippen MR) is 93.6 cm³/mol. The fourth-order valence-electron chi connectivity index (χ4n) is 3.61. The van der Waals surface area contributed by atoms with Gasteiger partial charge in [0.25, 0.3) is 5.56 Å². The molecule has 1 aromatic heterocycles. The molecule has 0 saturated carbocycles. The van der Waals surface area contributed by atoms with Crippen molar-refractivity contribution in [2.45, 2.75) is 20.3 Å². The molecule has 0 bridgehead atoms. The largest absolute Gasteiger partial charge is 0.465 e. The maximum Gasteiger partial charge on any atom is 0.338 e. The van der Waals surface area contributed by atoms with Crippen LogP contribution in [0, 0.1) is 13.8 Å². The summed E-state index contributed by atoms with van der Waals surface area (Å²) in [6.07, 6.45) is 0.617. The number of rotatable bonds is 1. The fraction of sp³-hybridized carbons (Fsp3) is 0.200. The smallest absolute Gasteiger partial charge is 0.338 e. The van der Waals surface area contributed by atoms with E-state index in [4.69, 9.17) is 4.74 Å². The van der Waals surface area contributed by atoms with E-state index in [0.29, 0.717) is 17.4 Å². The van der Waals surface area contributed by atoms with Crippen molar-refractivity contribution in [1.82, 2.24) is 4.98 Å². The summed E-state index contributed by atoms with van der Waals surface area (Å²) in [4.78, 5) is 27.7. The topological polar surface area (TPSA) is 59.2 Å². The Balaban J connectivity index is 2.06. The lowest BCUT2D eigenvalue weighted by molar-refractivity contribution is 0.0599. The summed E-state index contributed by atoms with van der Waals surface area (Å²) >= 11 is 0. The molecule has 1 N–H and O–H groups in total. The van der Waals surface area contributed by atoms with Gasteiger partial charge in [0.15, 0.2) is 0 Å². The van der Waals surface area contributed by atoms with Gasteiger partial charge in [-0.2, -0.15) is 0 Å². The highest BCUT2D eigenvalue weighted by Gasteiger charge is 2.27. The number of esters is 1. The zero-order valence-corrected chi connectivity index (χ0v) is 13.8. The number of nitrogens with one attached hydrogen (secondary N) is 1. The molecule has 0 fully saturated rings. The molecule has 0 atom stereocenters. The number of hydrogen-bond donors (Lipinski definition) is 1. The van der Waals surface area contributed by atoms with Gasteiger partial charge in [0.05, 0.1) is 18.4 Å². The molecule has 1 aliphatic carbocycles. The molecule has 4 heteroatoms. The third kappa shape index (κ3) is 1.99. The van der Waals surface area contributed by atoms with Crippen molar-refractivity contribution in [2.24, 2.45) is 0 Å². The van der Waals surface area contributed by atoms with Crippen LogP contribution in [0.15, 0.2) is 35.1 Å². The number of aromatic nitrogens is 1. The van der Waals surface area contributed by atoms with Crippen molar-refractivity contribution in [3.8, 4) is 11.3 Å². The van der Waals surface area contributed by atoms with Crippen LogP contribution in [0.4, 0.5) is 0 Å². The summed E-state index contributed by atoms with van der Waals surface area (Å²) in [5.41, 5.74) is 6.22. The SMILES string of the molecule is COC(=O)c1cc(C)cc2c1Cc1c-2[nH]c(=O)c2cc(C)ccc12. The third-order valence-corrected chi connectivity index (χ3v) is 4.71. The van der Waals surface area contributed by atoms with Crippen molar-refractivity contribution in [1.29, 1.82) is 0 Å². The van der Waals surface area contributed by atoms with Crippen LogP contribution < -0.4 is 5.56 Å². The van der Waals surface area contributed by atoms with Gasteiger partial charge in [-0.15, -0.1) is 0 Å². The summed E-state index contributed by atoms with van der Waals surface area (Å²) < 4.78 is 4.93. The summed E-state index contributed by atoms with van der Waals surface area (Å²) in [6, 6.07) is 9.78. The van der Waals surface area contributed by atoms with Crippen molar-refractivity contribution in [2.75, 3.05) is 7.11 Å². The maximum absolute atomic E-state index is 12.5. The van der Waals surface area contributed by atoms with E-state index in [1.807, 2.05) is 44.2 Å². The van der Waals surface area contributed by atoms with Gasteiger partial charge >= 0.3 is 5.97 Å². The van der Waals surface area contributed by atoms with Crippen molar-refractivity contribution in [3.05, 3.63) is 68.5 Å². The number of fused-ring (bicyclic) bond motifs is 5. The molecule has 1 aliphatic rings. The maximum atomic E-state index is 12.5. The zero-order valence-electron chi connectivity index (χ0n) is 13.8. The van der Waals surface area contributed by atoms with Crippen LogP contribution >= 0.6 is 0 Å². The monoisotopic (exact) mass is 319 g/mol. The lowest BCUT2D eigenvalue weighted by Gasteiger charge is -2.08. The molecule has 0 saturated heterocycles. The van der Waals surface area contributed by atoms with E-state index in [0.717, 1.165) is 38.9 Å². The molecule has 4 rings (SSSR count). The summed E-state index contributed by atoms with van der Waals surface area (Å²) in [7, 11) is 1.39. The molecule has 120 valence electrons. The second kappa shape index (κ2) is 5.06. The Labute approximate surface area is 139 Å². The number of benzene rings is 2. The second-order valence-electron chi connectivity index (χ2n) is 6.36. The normalized spacial score (nSPS) is 12.1. The lowest BCUT2D eigenvalue weighted by atomic mass is 9.99. The minimum Gasteiger partial charge on any atom is -0.465 e. The molecule has 0 spiro atoms. The van der Waals surface area contributed by atoms with Gasteiger partial charge < -0.3 is 9.72 Å². The number of carbonyl (C=O) groups is 1. The average molecular weight is 319 g/mol. The molecule has 1 heterocycles. The van der Waals surface area contributed by atoms with E-state index in [1.54, 1.807) is 0 Å². The standard InChI is InChI=1S/C20H17NO3/c1-10-4-5-12-15-9-13-14(18(15)21-19(22)16(12)6-10)7-11(2)8-17(13)20(23)24-3/h4-8H,9H2,1-3H3,(H,21,22). The predicted octanol–water partition coefficient (Wildman–Crippen LogP) is 3.50. The van der Waals surface area contributed by atoms with Crippen LogP contribution in [0.3, 0.4) is 0 Å². The van der Waals surface area contributed by atoms with Crippen LogP contribution in [0.2, 0.25) is 0 Å². The van der Waals surface area contributed by atoms with E-state index in [2.05, 4.69) is 4.98 Å². The van der Waals surface area contributed by atoms with Gasteiger partial charge in [-0.3, -0.25) is 4.79 Å². The number of methoxy groups -OCH3 is 1. The van der Waals surface area contributed by atoms with Gasteiger partial charge in [-0.05, 0) is 54.1 Å². The first kappa shape index (κ1) is 14.7. The Morgan fingerprint density at radius 2 is 1.83 bits per heavy atom. The summed E-state index contributed by atoms with van der Waals surface area (Å²) in [5, 5.41) is 1.64. The van der Waals surface area contributed by atoms with Crippen molar-refractivity contribution < 1.29 is 9.53 Å². The van der Waals surface area contributed by atoms with Crippen molar-refractivity contribution in [3.63, 3.8) is 0 Å². The van der Waals surface area contributed by atoms with Crippen LogP contribution in [-0.4, -0.2) is 18.1 Å². The number of aromatic amines is 1. The van der Waals surface area contributed by atoms with E-state index in [-0.39, 0.29) is 11.5 Å². The molecular weight excluding hydrogens is 302 g/mol. The van der Waals surface area contributed by atoms with E-state index < -0.39 is 0 Å². The quantitative estimate of drug-likeness (QED) is 0.546. The number of pyridine rings is 1. The van der Waals surface area contributed by atoms with E-state index >= 15 is 0 Å². The van der Waals surface area contributed by atoms with Gasteiger partial charge in [0.2, 0.25) is 0 Å². The van der Waals surface area contributed by atoms with Gasteiger partial charge in [-0.1, -0.05) is 17.7 Å². The van der Waals surface area contributed by atoms with Gasteiger partial charge in [0, 0.05) is 17.4 Å². The number of aryl methyl sites for hydroxylation is 2. The molecule has 4 nitrogen and oxygen atoms in total. The molecule has 0 aliphatic heterocycles. The lowest BCUT2D eigenvalue weighted by Crippen LogP contribution is -2.08. The van der Waals surface area contributed by atoms with E-state index in [1.165, 1.54) is 7.11 Å². The highest BCUT2D eigenvalue weighted by molar-refractivity contribution is 5.99. The first-order valence-corrected chi connectivity index (χ1v) is 7.87. The Kier molecular flexibility index (Phi) is 3.10. The van der Waals surface area contributed by atoms with Crippen LogP contribution in [0.5, 0.6) is 0 Å². The fourth-order valence-corrected chi connectivity index (χ4v) is 3.61. The number of H-pyrrole nitrogens is 1. The average Bonchev–Trinajstić information content (AvgIpc) is 2.92. The third-order valence-electron chi connectivity index (χ3n) is 4.71. The second-order valence-corrected chi connectivity index (χ2v) is 6.36.